The lowest BCUT2D eigenvalue weighted by Crippen LogP contribution is -2.55. The summed E-state index contributed by atoms with van der Waals surface area (Å²) in [6.45, 7) is 8.35. The summed E-state index contributed by atoms with van der Waals surface area (Å²) in [5.41, 5.74) is -0.135. The maximum absolute atomic E-state index is 13.9. The smallest absolute Gasteiger partial charge is 0.422 e. The first-order valence-corrected chi connectivity index (χ1v) is 20.6. The van der Waals surface area contributed by atoms with Gasteiger partial charge < -0.3 is 44.5 Å². The van der Waals surface area contributed by atoms with Gasteiger partial charge in [0.05, 0.1) is 24.3 Å². The number of nitrogens with one attached hydrogen (secondary N) is 2. The highest BCUT2D eigenvalue weighted by atomic mass is 19.4. The molecule has 17 heteroatoms. The molecule has 1 aliphatic heterocycles. The Labute approximate surface area is 349 Å². The van der Waals surface area contributed by atoms with Crippen molar-refractivity contribution >= 4 is 35.8 Å². The predicted octanol–water partition coefficient (Wildman–Crippen LogP) is 5.77. The van der Waals surface area contributed by atoms with Crippen molar-refractivity contribution in [3.8, 4) is 0 Å². The van der Waals surface area contributed by atoms with Crippen LogP contribution in [0.2, 0.25) is 0 Å². The molecule has 0 spiro atoms. The normalized spacial score (nSPS) is 20.3. The second kappa shape index (κ2) is 23.0. The van der Waals surface area contributed by atoms with Crippen molar-refractivity contribution in [1.29, 1.82) is 0 Å². The molecule has 1 aromatic rings. The first-order chi connectivity index (χ1) is 28.2. The Bertz CT molecular complexity index is 1650. The number of carbonyl (C=O) groups excluding carboxylic acids is 5. The van der Waals surface area contributed by atoms with Crippen LogP contribution in [-0.2, 0) is 42.9 Å². The van der Waals surface area contributed by atoms with Crippen LogP contribution in [0.5, 0.6) is 0 Å². The number of carbonyl (C=O) groups is 5. The second-order valence-electron chi connectivity index (χ2n) is 16.2. The molecule has 1 aromatic carbocycles. The molecule has 0 bridgehead atoms. The molecule has 4 N–H and O–H groups in total. The first-order valence-electron chi connectivity index (χ1n) is 20.6. The first kappa shape index (κ1) is 50.0. The summed E-state index contributed by atoms with van der Waals surface area (Å²) in [6.07, 6.45) is 1.24. The Kier molecular flexibility index (Phi) is 19.2. The number of hydrogen-bond acceptors (Lipinski definition) is 12. The van der Waals surface area contributed by atoms with E-state index < -0.39 is 97.0 Å². The standard InChI is InChI=1S/C43H61F3N2O12/c1-7-9-11-21-42(22-12-10-8-2)58-33-24-30(38(53)48-36(27(3)50)39(54)47-31(25-49)18-20-35(52)59-41(4,5)6)23-32(37(33)60-42)57-40(55)29-16-13-28(14-17-29)15-19-34(51)56-26-43(44,45)46/h13-17,19,24,27,31-33,36-37,49-50H,7-12,18,20-23,25-26H2,1-6H3,(H,47,54)(H,48,53)/t27-,31-,32+,33+,36+,37-/m0/s1. The van der Waals surface area contributed by atoms with Gasteiger partial charge in [-0.25, -0.2) is 9.59 Å². The Hall–Kier alpha value is -4.32. The maximum Gasteiger partial charge on any atom is 0.422 e. The van der Waals surface area contributed by atoms with E-state index in [1.165, 1.54) is 37.3 Å². The summed E-state index contributed by atoms with van der Waals surface area (Å²) in [7, 11) is 0. The summed E-state index contributed by atoms with van der Waals surface area (Å²) < 4.78 is 65.8. The molecule has 14 nitrogen and oxygen atoms in total. The van der Waals surface area contributed by atoms with E-state index in [-0.39, 0.29) is 30.4 Å². The van der Waals surface area contributed by atoms with Crippen molar-refractivity contribution in [1.82, 2.24) is 10.6 Å². The molecule has 1 aliphatic carbocycles. The van der Waals surface area contributed by atoms with Crippen LogP contribution in [0.3, 0.4) is 0 Å². The van der Waals surface area contributed by atoms with E-state index in [1.54, 1.807) is 26.8 Å². The van der Waals surface area contributed by atoms with Gasteiger partial charge in [0.1, 0.15) is 30.0 Å². The number of hydrogen-bond donors (Lipinski definition) is 4. The van der Waals surface area contributed by atoms with Crippen molar-refractivity contribution in [2.24, 2.45) is 0 Å². The van der Waals surface area contributed by atoms with Gasteiger partial charge in [0.2, 0.25) is 11.8 Å². The number of benzene rings is 1. The third kappa shape index (κ3) is 16.6. The average Bonchev–Trinajstić information content (AvgIpc) is 3.54. The highest BCUT2D eigenvalue weighted by molar-refractivity contribution is 5.98. The second-order valence-corrected chi connectivity index (χ2v) is 16.2. The molecule has 1 heterocycles. The summed E-state index contributed by atoms with van der Waals surface area (Å²) in [6, 6.07) is 3.34. The number of aliphatic hydroxyl groups is 2. The van der Waals surface area contributed by atoms with Gasteiger partial charge in [0.25, 0.3) is 0 Å². The minimum atomic E-state index is -4.67. The van der Waals surface area contributed by atoms with Gasteiger partial charge in [-0.1, -0.05) is 51.7 Å². The van der Waals surface area contributed by atoms with Crippen LogP contribution in [-0.4, -0.2) is 107 Å². The van der Waals surface area contributed by atoms with Crippen molar-refractivity contribution < 1.29 is 71.0 Å². The van der Waals surface area contributed by atoms with Crippen molar-refractivity contribution in [3.63, 3.8) is 0 Å². The number of aliphatic hydroxyl groups excluding tert-OH is 2. The van der Waals surface area contributed by atoms with E-state index in [1.807, 2.05) is 0 Å². The molecule has 0 saturated carbocycles. The maximum atomic E-state index is 13.9. The number of esters is 3. The lowest BCUT2D eigenvalue weighted by molar-refractivity contribution is -0.190. The summed E-state index contributed by atoms with van der Waals surface area (Å²) in [5.74, 6) is -5.05. The Morgan fingerprint density at radius 1 is 0.967 bits per heavy atom. The third-order valence-electron chi connectivity index (χ3n) is 9.72. The van der Waals surface area contributed by atoms with Gasteiger partial charge in [-0.3, -0.25) is 14.4 Å². The fraction of sp³-hybridized carbons (Fsp3) is 0.651. The zero-order chi connectivity index (χ0) is 44.7. The largest absolute Gasteiger partial charge is 0.460 e. The summed E-state index contributed by atoms with van der Waals surface area (Å²) in [4.78, 5) is 64.8. The van der Waals surface area contributed by atoms with E-state index in [0.717, 1.165) is 44.6 Å². The van der Waals surface area contributed by atoms with Crippen molar-refractivity contribution in [2.45, 2.75) is 166 Å². The number of fused-ring (bicyclic) bond motifs is 1. The molecule has 1 fully saturated rings. The van der Waals surface area contributed by atoms with Gasteiger partial charge in [-0.2, -0.15) is 13.2 Å². The number of halogens is 3. The van der Waals surface area contributed by atoms with Gasteiger partial charge in [0, 0.05) is 37.3 Å². The van der Waals surface area contributed by atoms with Crippen LogP contribution in [0.25, 0.3) is 6.08 Å². The highest BCUT2D eigenvalue weighted by Crippen LogP contribution is 2.43. The molecule has 1 saturated heterocycles. The Balaban J connectivity index is 1.83. The van der Waals surface area contributed by atoms with Crippen LogP contribution in [0.4, 0.5) is 13.2 Å². The van der Waals surface area contributed by atoms with Gasteiger partial charge in [-0.05, 0) is 76.8 Å². The van der Waals surface area contributed by atoms with Gasteiger partial charge in [0.15, 0.2) is 12.4 Å². The average molecular weight is 855 g/mol. The quantitative estimate of drug-likeness (QED) is 0.0477. The molecule has 2 aliphatic rings. The lowest BCUT2D eigenvalue weighted by Gasteiger charge is -2.31. The fourth-order valence-electron chi connectivity index (χ4n) is 6.72. The van der Waals surface area contributed by atoms with Gasteiger partial charge in [-0.15, -0.1) is 0 Å². The van der Waals surface area contributed by atoms with E-state index in [2.05, 4.69) is 29.2 Å². The molecular formula is C43H61F3N2O12. The summed E-state index contributed by atoms with van der Waals surface area (Å²) >= 11 is 0. The molecule has 2 amide bonds. The molecule has 6 atom stereocenters. The minimum Gasteiger partial charge on any atom is -0.460 e. The zero-order valence-corrected chi connectivity index (χ0v) is 35.3. The number of alkyl halides is 3. The molecule has 3 rings (SSSR count). The van der Waals surface area contributed by atoms with Crippen molar-refractivity contribution in [3.05, 3.63) is 53.1 Å². The van der Waals surface area contributed by atoms with Gasteiger partial charge >= 0.3 is 24.1 Å². The number of rotatable bonds is 22. The van der Waals surface area contributed by atoms with Crippen LogP contribution < -0.4 is 10.6 Å². The molecule has 60 heavy (non-hydrogen) atoms. The molecular weight excluding hydrogens is 793 g/mol. The van der Waals surface area contributed by atoms with Crippen LogP contribution in [0.1, 0.15) is 128 Å². The lowest BCUT2D eigenvalue weighted by atomic mass is 9.91. The molecule has 0 aromatic heterocycles. The third-order valence-corrected chi connectivity index (χ3v) is 9.72. The molecule has 336 valence electrons. The van der Waals surface area contributed by atoms with Crippen LogP contribution in [0, 0.1) is 0 Å². The minimum absolute atomic E-state index is 0.0356. The highest BCUT2D eigenvalue weighted by Gasteiger charge is 2.52. The SMILES string of the molecule is CCCCCC1(CCCCC)O[C@@H]2[C@@H](C=C(C(=O)N[C@@H](C(=O)N[C@H](CO)CCC(=O)OC(C)(C)C)[C@H](C)O)C[C@H]2OC(=O)c2ccc(C=CC(=O)OCC(F)(F)F)cc2)O1. The van der Waals surface area contributed by atoms with E-state index in [0.29, 0.717) is 18.4 Å². The molecule has 0 unspecified atom stereocenters. The number of unbranched alkanes of at least 4 members (excludes halogenated alkanes) is 4. The Morgan fingerprint density at radius 2 is 1.60 bits per heavy atom. The fourth-order valence-corrected chi connectivity index (χ4v) is 6.72. The van der Waals surface area contributed by atoms with E-state index in [4.69, 9.17) is 18.9 Å². The summed E-state index contributed by atoms with van der Waals surface area (Å²) in [5, 5.41) is 25.7. The van der Waals surface area contributed by atoms with Crippen LogP contribution in [0.15, 0.2) is 42.0 Å². The Morgan fingerprint density at radius 3 is 2.15 bits per heavy atom. The van der Waals surface area contributed by atoms with Crippen molar-refractivity contribution in [2.75, 3.05) is 13.2 Å². The topological polar surface area (TPSA) is 196 Å². The predicted molar refractivity (Wildman–Crippen MR) is 213 cm³/mol. The van der Waals surface area contributed by atoms with Crippen LogP contribution >= 0.6 is 0 Å². The van der Waals surface area contributed by atoms with E-state index >= 15 is 0 Å². The van der Waals surface area contributed by atoms with E-state index in [9.17, 15) is 47.4 Å². The number of ether oxygens (including phenoxy) is 5. The zero-order valence-electron chi connectivity index (χ0n) is 35.3. The number of amides is 2. The monoisotopic (exact) mass is 854 g/mol. The molecule has 0 radical (unpaired) electrons.